The van der Waals surface area contributed by atoms with Gasteiger partial charge in [-0.1, -0.05) is 72.6 Å². The zero-order chi connectivity index (χ0) is 42.3. The van der Waals surface area contributed by atoms with E-state index >= 15 is 0 Å². The highest BCUT2D eigenvalue weighted by molar-refractivity contribution is 7.99. The van der Waals surface area contributed by atoms with Gasteiger partial charge in [0.15, 0.2) is 0 Å². The van der Waals surface area contributed by atoms with Crippen LogP contribution in [0.4, 0.5) is 17.1 Å². The van der Waals surface area contributed by atoms with Crippen molar-refractivity contribution < 1.29 is 18.1 Å². The third kappa shape index (κ3) is 12.1. The predicted octanol–water partition coefficient (Wildman–Crippen LogP) is 9.96. The largest absolute Gasteiger partial charge is 0.376 e. The molecule has 3 aliphatic heterocycles. The van der Waals surface area contributed by atoms with Crippen LogP contribution in [0, 0.1) is 10.1 Å². The normalized spacial score (nSPS) is 17.0. The molecule has 0 spiro atoms. The summed E-state index contributed by atoms with van der Waals surface area (Å²) < 4.78 is 29.4. The standard InChI is InChI=1S/C47H51ClN6O5S2.2ClH/c48-38-17-13-34(14-18-38)43-12-6-5-9-37(43)31-52-27-28-53-40(32-52)19-15-35-29-36(16-22-45(35)53)47(55)50-61(58,59)42-20-21-44(46(30-42)54(56)57)49-39(23-26-51-24-7-2-8-25-51)33-60-41-10-3-1-4-11-41;;/h1,3-6,9-14,16-18,20-22,29-30,39-40,49H,2,7-8,15,19,23-28,31-33H2,(H,50,55);2*1H/t39-,40+;;/m1../s1. The number of aryl methyl sites for hydroxylation is 1. The first-order valence-electron chi connectivity index (χ1n) is 21.1. The van der Waals surface area contributed by atoms with Crippen LogP contribution in [0.25, 0.3) is 11.1 Å². The summed E-state index contributed by atoms with van der Waals surface area (Å²) >= 11 is 7.83. The molecule has 11 nitrogen and oxygen atoms in total. The number of nitro benzene ring substituents is 1. The van der Waals surface area contributed by atoms with Crippen LogP contribution in [0.5, 0.6) is 0 Å². The fourth-order valence-corrected chi connectivity index (χ4v) is 10.9. The third-order valence-corrected chi connectivity index (χ3v) is 14.8. The lowest BCUT2D eigenvalue weighted by molar-refractivity contribution is -0.384. The van der Waals surface area contributed by atoms with Crippen molar-refractivity contribution in [3.63, 3.8) is 0 Å². The Balaban J connectivity index is 0.00000330. The van der Waals surface area contributed by atoms with Gasteiger partial charge in [-0.2, -0.15) is 0 Å². The molecule has 0 unspecified atom stereocenters. The molecule has 5 aromatic carbocycles. The van der Waals surface area contributed by atoms with Crippen molar-refractivity contribution in [1.29, 1.82) is 0 Å². The average molecular weight is 952 g/mol. The van der Waals surface area contributed by atoms with E-state index in [1.807, 2.05) is 48.5 Å². The Bertz CT molecular complexity index is 2460. The molecule has 0 aromatic heterocycles. The molecule has 5 aromatic rings. The van der Waals surface area contributed by atoms with Crippen molar-refractivity contribution in [1.82, 2.24) is 14.5 Å². The highest BCUT2D eigenvalue weighted by atomic mass is 35.5. The summed E-state index contributed by atoms with van der Waals surface area (Å²) in [6.45, 7) is 6.39. The molecule has 63 heavy (non-hydrogen) atoms. The average Bonchev–Trinajstić information content (AvgIpc) is 3.28. The van der Waals surface area contributed by atoms with Gasteiger partial charge in [0.25, 0.3) is 21.6 Å². The molecular weight excluding hydrogens is 899 g/mol. The van der Waals surface area contributed by atoms with E-state index in [0.29, 0.717) is 16.8 Å². The number of piperidine rings is 1. The lowest BCUT2D eigenvalue weighted by Gasteiger charge is -2.46. The number of rotatable bonds is 15. The van der Waals surface area contributed by atoms with Gasteiger partial charge in [0.05, 0.1) is 9.82 Å². The van der Waals surface area contributed by atoms with E-state index < -0.39 is 20.9 Å². The second-order valence-corrected chi connectivity index (χ2v) is 19.4. The molecule has 2 saturated heterocycles. The lowest BCUT2D eigenvalue weighted by Crippen LogP contribution is -2.54. The third-order valence-electron chi connectivity index (χ3n) is 12.0. The van der Waals surface area contributed by atoms with Crippen molar-refractivity contribution in [3.8, 4) is 11.1 Å². The SMILES string of the molecule is Cl.Cl.O=C(NS(=O)(=O)c1ccc(N[C@H](CCN2CCCCC2)CSc2ccccc2)c([N+](=O)[O-])c1)c1ccc2c(c1)CC[C@H]1CN(Cc3ccccc3-c3ccc(Cl)cc3)CCN21. The summed E-state index contributed by atoms with van der Waals surface area (Å²) in [5.41, 5.74) is 5.76. The fourth-order valence-electron chi connectivity index (χ4n) is 8.81. The maximum absolute atomic E-state index is 13.6. The summed E-state index contributed by atoms with van der Waals surface area (Å²) in [4.78, 5) is 33.4. The van der Waals surface area contributed by atoms with E-state index in [2.05, 4.69) is 61.1 Å². The molecule has 0 radical (unpaired) electrons. The van der Waals surface area contributed by atoms with Gasteiger partial charge in [-0.3, -0.25) is 19.8 Å². The van der Waals surface area contributed by atoms with E-state index in [1.54, 1.807) is 23.9 Å². The number of carbonyl (C=O) groups is 1. The molecule has 8 rings (SSSR count). The Kier molecular flexibility index (Phi) is 16.8. The zero-order valence-corrected chi connectivity index (χ0v) is 38.9. The monoisotopic (exact) mass is 950 g/mol. The van der Waals surface area contributed by atoms with E-state index in [4.69, 9.17) is 11.6 Å². The quantitative estimate of drug-likeness (QED) is 0.0595. The summed E-state index contributed by atoms with van der Waals surface area (Å²) in [7, 11) is -4.44. The number of piperazine rings is 1. The Morgan fingerprint density at radius 3 is 2.37 bits per heavy atom. The number of hydrogen-bond acceptors (Lipinski definition) is 10. The number of nitrogens with one attached hydrogen (secondary N) is 2. The smallest absolute Gasteiger partial charge is 0.293 e. The number of carbonyl (C=O) groups excluding carboxylic acids is 1. The maximum Gasteiger partial charge on any atom is 0.293 e. The Morgan fingerprint density at radius 1 is 0.857 bits per heavy atom. The van der Waals surface area contributed by atoms with Gasteiger partial charge >= 0.3 is 0 Å². The summed E-state index contributed by atoms with van der Waals surface area (Å²) in [5.74, 6) is -0.112. The number of benzene rings is 5. The Hall–Kier alpha value is -4.34. The van der Waals surface area contributed by atoms with Crippen molar-refractivity contribution in [2.24, 2.45) is 0 Å². The van der Waals surface area contributed by atoms with E-state index in [-0.39, 0.29) is 52.7 Å². The minimum absolute atomic E-state index is 0. The molecule has 3 heterocycles. The second-order valence-electron chi connectivity index (χ2n) is 16.2. The summed E-state index contributed by atoms with van der Waals surface area (Å²) in [6.07, 6.45) is 6.00. The summed E-state index contributed by atoms with van der Waals surface area (Å²) in [6, 6.07) is 35.8. The van der Waals surface area contributed by atoms with Crippen molar-refractivity contribution >= 4 is 81.2 Å². The first-order chi connectivity index (χ1) is 29.6. The van der Waals surface area contributed by atoms with Gasteiger partial charge in [0.2, 0.25) is 0 Å². The molecule has 2 atom stereocenters. The first kappa shape index (κ1) is 48.1. The molecule has 3 aliphatic rings. The maximum atomic E-state index is 13.6. The van der Waals surface area contributed by atoms with Crippen LogP contribution in [0.3, 0.4) is 0 Å². The summed E-state index contributed by atoms with van der Waals surface area (Å²) in [5, 5.41) is 16.5. The van der Waals surface area contributed by atoms with E-state index in [9.17, 15) is 23.3 Å². The number of amides is 1. The highest BCUT2D eigenvalue weighted by Gasteiger charge is 2.33. The highest BCUT2D eigenvalue weighted by Crippen LogP contribution is 2.35. The van der Waals surface area contributed by atoms with Crippen molar-refractivity contribution in [2.45, 2.75) is 66.9 Å². The fraction of sp³-hybridized carbons (Fsp3) is 0.340. The van der Waals surface area contributed by atoms with Crippen LogP contribution in [0.2, 0.25) is 5.02 Å². The van der Waals surface area contributed by atoms with Gasteiger partial charge < -0.3 is 15.1 Å². The van der Waals surface area contributed by atoms with Crippen molar-refractivity contribution in [3.05, 3.63) is 147 Å². The number of likely N-dealkylation sites (tertiary alicyclic amines) is 1. The van der Waals surface area contributed by atoms with Gasteiger partial charge in [-0.15, -0.1) is 36.6 Å². The number of halogens is 3. The molecule has 2 fully saturated rings. The lowest BCUT2D eigenvalue weighted by atomic mass is 9.92. The van der Waals surface area contributed by atoms with Crippen molar-refractivity contribution in [2.75, 3.05) is 55.2 Å². The van der Waals surface area contributed by atoms with Crippen LogP contribution in [0.1, 0.15) is 53.6 Å². The molecule has 334 valence electrons. The molecule has 0 aliphatic carbocycles. The van der Waals surface area contributed by atoms with Gasteiger partial charge in [-0.05, 0) is 122 Å². The van der Waals surface area contributed by atoms with Gasteiger partial charge in [0.1, 0.15) is 5.69 Å². The number of fused-ring (bicyclic) bond motifs is 3. The molecule has 1 amide bonds. The van der Waals surface area contributed by atoms with Crippen LogP contribution in [-0.4, -0.2) is 86.2 Å². The minimum Gasteiger partial charge on any atom is -0.376 e. The number of thioether (sulfide) groups is 1. The molecule has 0 bridgehead atoms. The number of sulfonamides is 1. The van der Waals surface area contributed by atoms with E-state index in [0.717, 1.165) is 92.9 Å². The number of nitrogens with zero attached hydrogens (tertiary/aromatic N) is 4. The molecule has 16 heteroatoms. The molecule has 2 N–H and O–H groups in total. The van der Waals surface area contributed by atoms with Crippen LogP contribution in [-0.2, 0) is 23.0 Å². The predicted molar refractivity (Wildman–Crippen MR) is 260 cm³/mol. The number of hydrogen-bond donors (Lipinski definition) is 2. The second kappa shape index (κ2) is 22.0. The Morgan fingerprint density at radius 2 is 1.60 bits per heavy atom. The molecule has 0 saturated carbocycles. The van der Waals surface area contributed by atoms with Crippen LogP contribution < -0.4 is 14.9 Å². The van der Waals surface area contributed by atoms with Gasteiger partial charge in [-0.25, -0.2) is 13.1 Å². The first-order valence-corrected chi connectivity index (χ1v) is 23.9. The number of nitro groups is 1. The zero-order valence-electron chi connectivity index (χ0n) is 34.9. The van der Waals surface area contributed by atoms with Gasteiger partial charge in [0, 0.05) is 77.8 Å². The topological polar surface area (TPSA) is 128 Å². The number of anilines is 2. The molecular formula is C47H53Cl3N6O5S2. The van der Waals surface area contributed by atoms with Crippen LogP contribution >= 0.6 is 48.2 Å². The Labute approximate surface area is 392 Å². The van der Waals surface area contributed by atoms with Crippen LogP contribution in [0.15, 0.2) is 125 Å². The van der Waals surface area contributed by atoms with E-state index in [1.165, 1.54) is 42.5 Å². The minimum atomic E-state index is -4.44.